The van der Waals surface area contributed by atoms with Crippen molar-refractivity contribution in [2.45, 2.75) is 83.8 Å². The van der Waals surface area contributed by atoms with E-state index in [9.17, 15) is 19.2 Å². The number of hydrogen-bond acceptors (Lipinski definition) is 11. The van der Waals surface area contributed by atoms with Gasteiger partial charge in [-0.15, -0.1) is 0 Å². The summed E-state index contributed by atoms with van der Waals surface area (Å²) in [4.78, 5) is 53.0. The van der Waals surface area contributed by atoms with Crippen LogP contribution in [0.3, 0.4) is 0 Å². The highest BCUT2D eigenvalue weighted by molar-refractivity contribution is 8.78. The van der Waals surface area contributed by atoms with Gasteiger partial charge in [0.05, 0.1) is 19.4 Å². The van der Waals surface area contributed by atoms with Crippen molar-refractivity contribution in [2.24, 2.45) is 0 Å². The number of aromatic nitrogens is 2. The average Bonchev–Trinajstić information content (AvgIpc) is 3.48. The van der Waals surface area contributed by atoms with Gasteiger partial charge < -0.3 is 19.3 Å². The van der Waals surface area contributed by atoms with Crippen LogP contribution < -0.4 is 0 Å². The lowest BCUT2D eigenvalue weighted by Crippen LogP contribution is -2.41. The van der Waals surface area contributed by atoms with Crippen LogP contribution in [0.15, 0.2) is 33.4 Å². The van der Waals surface area contributed by atoms with Crippen LogP contribution in [0.1, 0.15) is 82.0 Å². The molecule has 2 amide bonds. The SMILES string of the molecule is CCCCSS/C(CCOC(=O)CCC(=O)O[C@H]1CC[C@H](N(C)C(=O)c2ccc3nonc3c2)CC1)=C(/C)N(C)C=O. The fraction of sp³-hybridized carbons (Fsp3) is 0.586. The van der Waals surface area contributed by atoms with Crippen LogP contribution in [0.2, 0.25) is 0 Å². The molecular formula is C29H40N4O7S2. The lowest BCUT2D eigenvalue weighted by Gasteiger charge is -2.34. The Bertz CT molecular complexity index is 1240. The lowest BCUT2D eigenvalue weighted by atomic mass is 9.91. The van der Waals surface area contributed by atoms with Gasteiger partial charge in [-0.1, -0.05) is 34.9 Å². The molecule has 2 aromatic rings. The van der Waals surface area contributed by atoms with E-state index in [0.717, 1.165) is 35.6 Å². The van der Waals surface area contributed by atoms with Crippen LogP contribution in [0, 0.1) is 0 Å². The topological polar surface area (TPSA) is 132 Å². The Hall–Kier alpha value is -3.06. The first-order valence-corrected chi connectivity index (χ1v) is 16.6. The zero-order valence-corrected chi connectivity index (χ0v) is 26.3. The number of hydrogen-bond donors (Lipinski definition) is 0. The van der Waals surface area contributed by atoms with Crippen LogP contribution in [-0.2, 0) is 23.9 Å². The molecule has 1 aliphatic rings. The zero-order valence-electron chi connectivity index (χ0n) is 24.7. The summed E-state index contributed by atoms with van der Waals surface area (Å²) in [6.45, 7) is 4.18. The molecule has 0 radical (unpaired) electrons. The maximum Gasteiger partial charge on any atom is 0.306 e. The molecule has 42 heavy (non-hydrogen) atoms. The van der Waals surface area contributed by atoms with Crippen LogP contribution in [0.25, 0.3) is 11.0 Å². The molecular weight excluding hydrogens is 580 g/mol. The molecule has 1 aliphatic carbocycles. The summed E-state index contributed by atoms with van der Waals surface area (Å²) in [5.74, 6) is 0.00257. The summed E-state index contributed by atoms with van der Waals surface area (Å²) < 4.78 is 15.7. The predicted molar refractivity (Wildman–Crippen MR) is 162 cm³/mol. The van der Waals surface area contributed by atoms with Gasteiger partial charge in [-0.25, -0.2) is 4.63 Å². The van der Waals surface area contributed by atoms with Crippen LogP contribution in [0.5, 0.6) is 0 Å². The van der Waals surface area contributed by atoms with Crippen LogP contribution in [0.4, 0.5) is 0 Å². The second-order valence-electron chi connectivity index (χ2n) is 10.3. The molecule has 3 rings (SSSR count). The third-order valence-electron chi connectivity index (χ3n) is 7.27. The maximum atomic E-state index is 13.0. The summed E-state index contributed by atoms with van der Waals surface area (Å²) in [6, 6.07) is 5.11. The molecule has 230 valence electrons. The van der Waals surface area contributed by atoms with E-state index in [2.05, 4.69) is 17.2 Å². The first-order valence-electron chi connectivity index (χ1n) is 14.2. The van der Waals surface area contributed by atoms with Crippen molar-refractivity contribution < 1.29 is 33.3 Å². The van der Waals surface area contributed by atoms with Crippen molar-refractivity contribution in [1.29, 1.82) is 0 Å². The first kappa shape index (κ1) is 33.4. The molecule has 13 heteroatoms. The summed E-state index contributed by atoms with van der Waals surface area (Å²) in [5, 5.41) is 7.56. The Kier molecular flexibility index (Phi) is 13.7. The zero-order chi connectivity index (χ0) is 30.5. The molecule has 0 atom stereocenters. The van der Waals surface area contributed by atoms with Gasteiger partial charge in [0.15, 0.2) is 0 Å². The number of carbonyl (C=O) groups is 4. The maximum absolute atomic E-state index is 13.0. The molecule has 0 aliphatic heterocycles. The van der Waals surface area contributed by atoms with Crippen molar-refractivity contribution in [1.82, 2.24) is 20.1 Å². The molecule has 1 aromatic carbocycles. The van der Waals surface area contributed by atoms with E-state index in [1.165, 1.54) is 4.90 Å². The number of benzene rings is 1. The minimum Gasteiger partial charge on any atom is -0.465 e. The summed E-state index contributed by atoms with van der Waals surface area (Å²) in [7, 11) is 6.80. The number of rotatable bonds is 16. The number of amides is 2. The Morgan fingerprint density at radius 1 is 1.05 bits per heavy atom. The van der Waals surface area contributed by atoms with Crippen molar-refractivity contribution in [3.05, 3.63) is 34.4 Å². The van der Waals surface area contributed by atoms with E-state index in [-0.39, 0.29) is 37.5 Å². The second kappa shape index (κ2) is 17.2. The van der Waals surface area contributed by atoms with Crippen molar-refractivity contribution in [3.8, 4) is 0 Å². The highest BCUT2D eigenvalue weighted by Gasteiger charge is 2.29. The number of esters is 2. The van der Waals surface area contributed by atoms with Gasteiger partial charge >= 0.3 is 11.9 Å². The summed E-state index contributed by atoms with van der Waals surface area (Å²) >= 11 is 0. The van der Waals surface area contributed by atoms with E-state index in [1.807, 2.05) is 6.92 Å². The Morgan fingerprint density at radius 3 is 2.48 bits per heavy atom. The number of carbonyl (C=O) groups excluding carboxylic acids is 4. The summed E-state index contributed by atoms with van der Waals surface area (Å²) in [5.41, 5.74) is 2.47. The molecule has 1 saturated carbocycles. The van der Waals surface area contributed by atoms with E-state index in [4.69, 9.17) is 14.1 Å². The molecule has 0 spiro atoms. The fourth-order valence-electron chi connectivity index (χ4n) is 4.49. The molecule has 0 bridgehead atoms. The normalized spacial score (nSPS) is 17.3. The average molecular weight is 621 g/mol. The second-order valence-corrected chi connectivity index (χ2v) is 12.8. The molecule has 0 saturated heterocycles. The number of fused-ring (bicyclic) bond motifs is 1. The van der Waals surface area contributed by atoms with E-state index in [0.29, 0.717) is 48.7 Å². The van der Waals surface area contributed by atoms with Gasteiger partial charge in [0.25, 0.3) is 5.91 Å². The minimum absolute atomic E-state index is 0.0330. The molecule has 11 nitrogen and oxygen atoms in total. The smallest absolute Gasteiger partial charge is 0.306 e. The monoisotopic (exact) mass is 620 g/mol. The Labute approximate surface area is 254 Å². The third kappa shape index (κ3) is 10.0. The van der Waals surface area contributed by atoms with Crippen LogP contribution in [-0.4, -0.2) is 83.0 Å². The van der Waals surface area contributed by atoms with E-state index < -0.39 is 11.9 Å². The lowest BCUT2D eigenvalue weighted by molar-refractivity contribution is -0.155. The molecule has 1 fully saturated rings. The minimum atomic E-state index is -0.459. The third-order valence-corrected chi connectivity index (χ3v) is 10.00. The van der Waals surface area contributed by atoms with E-state index in [1.54, 1.807) is 58.8 Å². The molecule has 1 heterocycles. The van der Waals surface area contributed by atoms with Gasteiger partial charge in [-0.3, -0.25) is 19.2 Å². The number of allylic oxidation sites excluding steroid dienone is 1. The van der Waals surface area contributed by atoms with Crippen LogP contribution >= 0.6 is 21.6 Å². The predicted octanol–water partition coefficient (Wildman–Crippen LogP) is 5.36. The largest absolute Gasteiger partial charge is 0.465 e. The Balaban J connectivity index is 1.35. The number of unbranched alkanes of at least 4 members (excludes halogenated alkanes) is 1. The van der Waals surface area contributed by atoms with Gasteiger partial charge in [0.2, 0.25) is 6.41 Å². The number of nitrogens with zero attached hydrogens (tertiary/aromatic N) is 4. The van der Waals surface area contributed by atoms with Gasteiger partial charge in [-0.2, -0.15) is 0 Å². The van der Waals surface area contributed by atoms with Crippen molar-refractivity contribution >= 4 is 56.9 Å². The summed E-state index contributed by atoms with van der Waals surface area (Å²) in [6.07, 6.45) is 5.83. The fourth-order valence-corrected chi connectivity index (χ4v) is 7.19. The van der Waals surface area contributed by atoms with Crippen molar-refractivity contribution in [2.75, 3.05) is 26.5 Å². The molecule has 0 unspecified atom stereocenters. The van der Waals surface area contributed by atoms with Gasteiger partial charge in [0.1, 0.15) is 17.1 Å². The first-order chi connectivity index (χ1) is 20.2. The Morgan fingerprint density at radius 2 is 1.76 bits per heavy atom. The van der Waals surface area contributed by atoms with Gasteiger partial charge in [-0.05, 0) is 67.5 Å². The van der Waals surface area contributed by atoms with E-state index >= 15 is 0 Å². The highest BCUT2D eigenvalue weighted by Crippen LogP contribution is 2.35. The quantitative estimate of drug-likeness (QED) is 0.104. The van der Waals surface area contributed by atoms with Gasteiger partial charge in [0, 0.05) is 48.5 Å². The molecule has 0 N–H and O–H groups in total. The standard InChI is InChI=1S/C29H40N4O7S2/c1-5-6-17-41-42-26(20(2)32(3)19-34)15-16-38-27(35)13-14-28(36)39-23-10-8-22(9-11-23)33(4)29(37)21-7-12-24-25(18-21)31-40-30-24/h7,12,18-19,22-23H,5-6,8-11,13-17H2,1-4H3/b26-20-/t22-,23-. The molecule has 1 aromatic heterocycles. The highest BCUT2D eigenvalue weighted by atomic mass is 33.1. The number of ether oxygens (including phenoxy) is 2. The van der Waals surface area contributed by atoms with Crippen molar-refractivity contribution in [3.63, 3.8) is 0 Å².